The van der Waals surface area contributed by atoms with E-state index < -0.39 is 17.6 Å². The van der Waals surface area contributed by atoms with Crippen molar-refractivity contribution < 1.29 is 23.5 Å². The maximum absolute atomic E-state index is 12.4. The second-order valence-electron chi connectivity index (χ2n) is 8.43. The summed E-state index contributed by atoms with van der Waals surface area (Å²) in [6.45, 7) is 1.81. The maximum atomic E-state index is 12.4. The molecule has 1 aliphatic rings. The Bertz CT molecular complexity index is 1340. The smallest absolute Gasteiger partial charge is 0.413 e. The van der Waals surface area contributed by atoms with Gasteiger partial charge in [-0.15, -0.1) is 11.3 Å². The Labute approximate surface area is 206 Å². The highest BCUT2D eigenvalue weighted by Crippen LogP contribution is 2.52. The molecule has 4 aromatic rings. The summed E-state index contributed by atoms with van der Waals surface area (Å²) < 4.78 is 16.0. The zero-order valence-electron chi connectivity index (χ0n) is 19.3. The number of ether oxygens (including phenoxy) is 2. The summed E-state index contributed by atoms with van der Waals surface area (Å²) in [5.41, 5.74) is 2.22. The van der Waals surface area contributed by atoms with Gasteiger partial charge in [0.25, 0.3) is 0 Å². The maximum Gasteiger partial charge on any atom is 0.413 e. The number of methoxy groups -OCH3 is 1. The van der Waals surface area contributed by atoms with E-state index in [1.54, 1.807) is 11.3 Å². The molecule has 2 heterocycles. The van der Waals surface area contributed by atoms with Crippen LogP contribution in [0.5, 0.6) is 0 Å². The number of aromatic nitrogens is 1. The van der Waals surface area contributed by atoms with Crippen LogP contribution in [0.4, 0.5) is 10.6 Å². The van der Waals surface area contributed by atoms with Gasteiger partial charge in [0.1, 0.15) is 11.5 Å². The van der Waals surface area contributed by atoms with Crippen LogP contribution in [0.2, 0.25) is 0 Å². The van der Waals surface area contributed by atoms with Gasteiger partial charge in [0.2, 0.25) is 0 Å². The Hall–Kier alpha value is -3.91. The first kappa shape index (κ1) is 22.9. The molecule has 1 N–H and O–H groups in total. The summed E-state index contributed by atoms with van der Waals surface area (Å²) in [6.07, 6.45) is 1.92. The Morgan fingerprint density at radius 2 is 1.74 bits per heavy atom. The minimum Gasteiger partial charge on any atom is -0.468 e. The summed E-state index contributed by atoms with van der Waals surface area (Å²) in [7, 11) is 1.44. The van der Waals surface area contributed by atoms with Gasteiger partial charge in [-0.05, 0) is 43.0 Å². The second kappa shape index (κ2) is 9.38. The molecule has 1 amide bonds. The molecule has 0 spiro atoms. The van der Waals surface area contributed by atoms with Gasteiger partial charge in [-0.1, -0.05) is 54.6 Å². The molecule has 1 fully saturated rings. The summed E-state index contributed by atoms with van der Waals surface area (Å²) in [6, 6.07) is 21.3. The fourth-order valence-electron chi connectivity index (χ4n) is 4.03. The van der Waals surface area contributed by atoms with Gasteiger partial charge >= 0.3 is 12.1 Å². The van der Waals surface area contributed by atoms with Gasteiger partial charge in [-0.25, -0.2) is 4.79 Å². The van der Waals surface area contributed by atoms with Crippen LogP contribution in [0.15, 0.2) is 77.5 Å². The van der Waals surface area contributed by atoms with E-state index in [2.05, 4.69) is 10.3 Å². The van der Waals surface area contributed by atoms with Crippen LogP contribution in [-0.2, 0) is 19.7 Å². The number of hydrogen-bond donors (Lipinski definition) is 1. The van der Waals surface area contributed by atoms with Crippen molar-refractivity contribution in [1.29, 1.82) is 0 Å². The molecule has 7 nitrogen and oxygen atoms in total. The summed E-state index contributed by atoms with van der Waals surface area (Å²) in [4.78, 5) is 30.9. The lowest BCUT2D eigenvalue weighted by atomic mass is 10.1. The van der Waals surface area contributed by atoms with E-state index in [1.165, 1.54) is 13.5 Å². The summed E-state index contributed by atoms with van der Waals surface area (Å²) >= 11 is 1.61. The van der Waals surface area contributed by atoms with Crippen LogP contribution in [0.25, 0.3) is 21.8 Å². The van der Waals surface area contributed by atoms with Crippen molar-refractivity contribution in [1.82, 2.24) is 4.98 Å². The molecule has 0 radical (unpaired) electrons. The van der Waals surface area contributed by atoms with Gasteiger partial charge in [0.05, 0.1) is 7.11 Å². The van der Waals surface area contributed by atoms with E-state index in [4.69, 9.17) is 13.9 Å². The van der Waals surface area contributed by atoms with E-state index in [1.807, 2.05) is 73.7 Å². The lowest BCUT2D eigenvalue weighted by molar-refractivity contribution is -0.143. The van der Waals surface area contributed by atoms with Crippen LogP contribution in [-0.4, -0.2) is 24.2 Å². The number of carbonyl (C=O) groups is 2. The van der Waals surface area contributed by atoms with Crippen molar-refractivity contribution in [3.8, 4) is 21.8 Å². The van der Waals surface area contributed by atoms with E-state index in [9.17, 15) is 9.59 Å². The standard InChI is InChI=1S/C27H24N2O5S/c1-17(18-6-4-3-5-7-18)34-26(31)29-24-23(33-16-28-24)20-10-8-19(9-11-20)21-12-13-22(35-21)27(14-15-27)25(30)32-2/h3-13,16-17H,14-15H2,1-2H3,(H,29,31)/t17-/m1/s1. The van der Waals surface area contributed by atoms with E-state index in [-0.39, 0.29) is 11.8 Å². The van der Waals surface area contributed by atoms with Gasteiger partial charge in [-0.2, -0.15) is 4.98 Å². The second-order valence-corrected chi connectivity index (χ2v) is 9.51. The summed E-state index contributed by atoms with van der Waals surface area (Å²) in [5.74, 6) is 0.564. The number of rotatable bonds is 7. The summed E-state index contributed by atoms with van der Waals surface area (Å²) in [5, 5.41) is 2.67. The number of hydrogen-bond acceptors (Lipinski definition) is 7. The molecule has 1 aliphatic carbocycles. The van der Waals surface area contributed by atoms with Gasteiger partial charge in [0, 0.05) is 15.3 Å². The zero-order chi connectivity index (χ0) is 24.4. The number of carbonyl (C=O) groups excluding carboxylic acids is 2. The van der Waals surface area contributed by atoms with Gasteiger partial charge < -0.3 is 13.9 Å². The molecular weight excluding hydrogens is 464 g/mol. The molecule has 0 bridgehead atoms. The first-order valence-corrected chi connectivity index (χ1v) is 12.1. The van der Waals surface area contributed by atoms with Crippen molar-refractivity contribution in [2.45, 2.75) is 31.3 Å². The number of nitrogens with zero attached hydrogens (tertiary/aromatic N) is 1. The van der Waals surface area contributed by atoms with Crippen LogP contribution >= 0.6 is 11.3 Å². The van der Waals surface area contributed by atoms with Crippen molar-refractivity contribution in [2.24, 2.45) is 0 Å². The Balaban J connectivity index is 1.28. The Morgan fingerprint density at radius 1 is 1.03 bits per heavy atom. The third kappa shape index (κ3) is 4.57. The number of nitrogens with one attached hydrogen (secondary N) is 1. The molecule has 0 aliphatic heterocycles. The van der Waals surface area contributed by atoms with Crippen molar-refractivity contribution in [3.63, 3.8) is 0 Å². The Morgan fingerprint density at radius 3 is 2.43 bits per heavy atom. The molecular formula is C27H24N2O5S. The fraction of sp³-hybridized carbons (Fsp3) is 0.222. The first-order valence-electron chi connectivity index (χ1n) is 11.3. The number of thiophene rings is 1. The van der Waals surface area contributed by atoms with Crippen molar-refractivity contribution >= 4 is 29.2 Å². The fourth-order valence-corrected chi connectivity index (χ4v) is 5.27. The van der Waals surface area contributed by atoms with Crippen LogP contribution in [0.1, 0.15) is 36.3 Å². The molecule has 35 heavy (non-hydrogen) atoms. The monoisotopic (exact) mass is 488 g/mol. The van der Waals surface area contributed by atoms with E-state index in [0.717, 1.165) is 39.3 Å². The highest BCUT2D eigenvalue weighted by molar-refractivity contribution is 7.15. The molecule has 1 saturated carbocycles. The number of anilines is 1. The molecule has 178 valence electrons. The van der Waals surface area contributed by atoms with E-state index in [0.29, 0.717) is 5.76 Å². The molecule has 2 aromatic heterocycles. The predicted octanol–water partition coefficient (Wildman–Crippen LogP) is 6.58. The molecule has 0 saturated heterocycles. The predicted molar refractivity (Wildman–Crippen MR) is 133 cm³/mol. The topological polar surface area (TPSA) is 90.7 Å². The molecule has 8 heteroatoms. The third-order valence-electron chi connectivity index (χ3n) is 6.18. The number of esters is 1. The minimum atomic E-state index is -0.612. The van der Waals surface area contributed by atoms with Gasteiger partial charge in [0.15, 0.2) is 18.0 Å². The largest absolute Gasteiger partial charge is 0.468 e. The lowest BCUT2D eigenvalue weighted by Gasteiger charge is -2.13. The molecule has 1 atom stereocenters. The number of oxazole rings is 1. The first-order chi connectivity index (χ1) is 17.0. The van der Waals surface area contributed by atoms with Crippen LogP contribution in [0.3, 0.4) is 0 Å². The zero-order valence-corrected chi connectivity index (χ0v) is 20.1. The van der Waals surface area contributed by atoms with Gasteiger partial charge in [-0.3, -0.25) is 10.1 Å². The number of benzene rings is 2. The average Bonchev–Trinajstić information content (AvgIpc) is 3.31. The SMILES string of the molecule is COC(=O)C1(c2ccc(-c3ccc(-c4ocnc4NC(=O)O[C@H](C)c4ccccc4)cc3)s2)CC1. The van der Waals surface area contributed by atoms with Crippen molar-refractivity contribution in [3.05, 3.63) is 83.6 Å². The molecule has 5 rings (SSSR count). The van der Waals surface area contributed by atoms with Crippen LogP contribution < -0.4 is 5.32 Å². The van der Waals surface area contributed by atoms with Crippen molar-refractivity contribution in [2.75, 3.05) is 12.4 Å². The quantitative estimate of drug-likeness (QED) is 0.295. The number of amides is 1. The Kier molecular flexibility index (Phi) is 6.13. The third-order valence-corrected chi connectivity index (χ3v) is 7.51. The molecule has 0 unspecified atom stereocenters. The normalized spacial score (nSPS) is 14.7. The molecule has 2 aromatic carbocycles. The van der Waals surface area contributed by atoms with Crippen LogP contribution in [0, 0.1) is 0 Å². The highest BCUT2D eigenvalue weighted by atomic mass is 32.1. The minimum absolute atomic E-state index is 0.164. The highest BCUT2D eigenvalue weighted by Gasteiger charge is 2.53. The van der Waals surface area contributed by atoms with E-state index >= 15 is 0 Å². The lowest BCUT2D eigenvalue weighted by Crippen LogP contribution is -2.20. The average molecular weight is 489 g/mol.